The molecular weight excluding hydrogens is 253 g/mol. The fraction of sp³-hybridized carbons (Fsp3) is 0.200. The van der Waals surface area contributed by atoms with Crippen molar-refractivity contribution in [2.45, 2.75) is 13.0 Å². The summed E-state index contributed by atoms with van der Waals surface area (Å²) in [5.41, 5.74) is 0.428. The lowest BCUT2D eigenvalue weighted by atomic mass is 10.2. The Kier molecular flexibility index (Phi) is 3.19. The van der Waals surface area contributed by atoms with Gasteiger partial charge in [-0.25, -0.2) is 0 Å². The highest BCUT2D eigenvalue weighted by molar-refractivity contribution is 5.54. The molecule has 1 aromatic heterocycles. The molecule has 0 spiro atoms. The molecule has 5 nitrogen and oxygen atoms in total. The van der Waals surface area contributed by atoms with Crippen LogP contribution in [0.1, 0.15) is 5.82 Å². The predicted octanol–water partition coefficient (Wildman–Crippen LogP) is 2.13. The van der Waals surface area contributed by atoms with Crippen LogP contribution in [0, 0.1) is 0 Å². The van der Waals surface area contributed by atoms with Crippen molar-refractivity contribution in [1.29, 1.82) is 0 Å². The maximum Gasteiger partial charge on any atom is 0.573 e. The number of rotatable bonds is 3. The van der Waals surface area contributed by atoms with Crippen LogP contribution in [0.2, 0.25) is 0 Å². The average Bonchev–Trinajstić information content (AvgIpc) is 2.76. The molecule has 0 aliphatic rings. The molecule has 0 fully saturated rings. The van der Waals surface area contributed by atoms with Crippen molar-refractivity contribution in [3.63, 3.8) is 0 Å². The Labute approximate surface area is 98.8 Å². The molecule has 0 unspecified atom stereocenters. The highest BCUT2D eigenvalue weighted by atomic mass is 19.4. The molecule has 1 heterocycles. The molecule has 0 bridgehead atoms. The lowest BCUT2D eigenvalue weighted by molar-refractivity contribution is -0.274. The second-order valence-electron chi connectivity index (χ2n) is 3.25. The molecule has 0 amide bonds. The Bertz CT molecular complexity index is 522. The third-order valence-corrected chi connectivity index (χ3v) is 1.94. The van der Waals surface area contributed by atoms with Crippen LogP contribution in [0.4, 0.5) is 13.2 Å². The van der Waals surface area contributed by atoms with E-state index in [4.69, 9.17) is 9.63 Å². The fourth-order valence-electron chi connectivity index (χ4n) is 1.23. The summed E-state index contributed by atoms with van der Waals surface area (Å²) in [4.78, 5) is 3.81. The van der Waals surface area contributed by atoms with Gasteiger partial charge in [0.2, 0.25) is 0 Å². The number of aromatic nitrogens is 2. The number of halogens is 3. The number of benzene rings is 1. The molecule has 18 heavy (non-hydrogen) atoms. The van der Waals surface area contributed by atoms with Gasteiger partial charge in [0.1, 0.15) is 12.4 Å². The van der Waals surface area contributed by atoms with Crippen LogP contribution in [0.3, 0.4) is 0 Å². The summed E-state index contributed by atoms with van der Waals surface area (Å²) in [6, 6.07) is 4.95. The van der Waals surface area contributed by atoms with E-state index in [2.05, 4.69) is 14.9 Å². The molecule has 0 radical (unpaired) electrons. The van der Waals surface area contributed by atoms with E-state index in [1.54, 1.807) is 0 Å². The van der Waals surface area contributed by atoms with Gasteiger partial charge in [-0.05, 0) is 24.3 Å². The zero-order valence-corrected chi connectivity index (χ0v) is 8.81. The lowest BCUT2D eigenvalue weighted by Gasteiger charge is -2.08. The summed E-state index contributed by atoms with van der Waals surface area (Å²) >= 11 is 0. The van der Waals surface area contributed by atoms with E-state index in [1.165, 1.54) is 12.1 Å². The van der Waals surface area contributed by atoms with Crippen LogP contribution in [-0.4, -0.2) is 21.6 Å². The van der Waals surface area contributed by atoms with Crippen molar-refractivity contribution in [2.75, 3.05) is 0 Å². The molecule has 2 rings (SSSR count). The molecule has 8 heteroatoms. The summed E-state index contributed by atoms with van der Waals surface area (Å²) in [6.07, 6.45) is -4.73. The molecule has 96 valence electrons. The monoisotopic (exact) mass is 260 g/mol. The van der Waals surface area contributed by atoms with Gasteiger partial charge in [-0.2, -0.15) is 4.98 Å². The van der Waals surface area contributed by atoms with Gasteiger partial charge in [-0.3, -0.25) is 0 Å². The number of alkyl halides is 3. The lowest BCUT2D eigenvalue weighted by Crippen LogP contribution is -2.16. The Hall–Kier alpha value is -2.09. The van der Waals surface area contributed by atoms with E-state index in [9.17, 15) is 13.2 Å². The molecule has 1 aromatic carbocycles. The van der Waals surface area contributed by atoms with Crippen molar-refractivity contribution < 1.29 is 27.5 Å². The van der Waals surface area contributed by atoms with Crippen LogP contribution < -0.4 is 4.74 Å². The summed E-state index contributed by atoms with van der Waals surface area (Å²) in [5.74, 6) is -0.133. The molecule has 0 saturated carbocycles. The van der Waals surface area contributed by atoms with E-state index in [1.807, 2.05) is 0 Å². The van der Waals surface area contributed by atoms with E-state index >= 15 is 0 Å². The van der Waals surface area contributed by atoms with Crippen molar-refractivity contribution >= 4 is 0 Å². The van der Waals surface area contributed by atoms with Gasteiger partial charge in [0.15, 0.2) is 5.82 Å². The molecule has 0 saturated heterocycles. The van der Waals surface area contributed by atoms with Gasteiger partial charge in [0, 0.05) is 5.56 Å². The zero-order valence-electron chi connectivity index (χ0n) is 8.81. The SMILES string of the molecule is OCc1noc(-c2ccc(OC(F)(F)F)cc2)n1. The number of hydrogen-bond acceptors (Lipinski definition) is 5. The summed E-state index contributed by atoms with van der Waals surface area (Å²) in [7, 11) is 0. The summed E-state index contributed by atoms with van der Waals surface area (Å²) < 4.78 is 44.3. The third-order valence-electron chi connectivity index (χ3n) is 1.94. The van der Waals surface area contributed by atoms with Gasteiger partial charge in [-0.1, -0.05) is 5.16 Å². The highest BCUT2D eigenvalue weighted by Crippen LogP contribution is 2.25. The number of aliphatic hydroxyl groups excluding tert-OH is 1. The minimum Gasteiger partial charge on any atom is -0.406 e. The van der Waals surface area contributed by atoms with E-state index in [0.29, 0.717) is 5.56 Å². The normalized spacial score (nSPS) is 11.6. The van der Waals surface area contributed by atoms with E-state index < -0.39 is 6.36 Å². The van der Waals surface area contributed by atoms with Gasteiger partial charge < -0.3 is 14.4 Å². The Morgan fingerprint density at radius 3 is 2.39 bits per heavy atom. The first-order valence-electron chi connectivity index (χ1n) is 4.77. The first-order chi connectivity index (χ1) is 8.48. The van der Waals surface area contributed by atoms with Crippen LogP contribution in [0.5, 0.6) is 5.75 Å². The number of ether oxygens (including phenoxy) is 1. The van der Waals surface area contributed by atoms with Crippen LogP contribution in [0.15, 0.2) is 28.8 Å². The fourth-order valence-corrected chi connectivity index (χ4v) is 1.23. The zero-order chi connectivity index (χ0) is 13.2. The van der Waals surface area contributed by atoms with Crippen LogP contribution >= 0.6 is 0 Å². The number of nitrogens with zero attached hydrogens (tertiary/aromatic N) is 2. The van der Waals surface area contributed by atoms with E-state index in [0.717, 1.165) is 12.1 Å². The maximum atomic E-state index is 11.9. The molecule has 2 aromatic rings. The van der Waals surface area contributed by atoms with Gasteiger partial charge in [0.25, 0.3) is 5.89 Å². The molecule has 1 N–H and O–H groups in total. The first-order valence-corrected chi connectivity index (χ1v) is 4.77. The summed E-state index contributed by atoms with van der Waals surface area (Å²) in [5, 5.41) is 12.2. The standard InChI is InChI=1S/C10H7F3N2O3/c11-10(12,13)17-7-3-1-6(2-4-7)9-14-8(5-16)15-18-9/h1-4,16H,5H2. The largest absolute Gasteiger partial charge is 0.573 e. The minimum absolute atomic E-state index is 0.0978. The molecule has 0 atom stereocenters. The Balaban J connectivity index is 2.17. The number of aliphatic hydroxyl groups is 1. The smallest absolute Gasteiger partial charge is 0.406 e. The van der Waals surface area contributed by atoms with Crippen molar-refractivity contribution in [3.8, 4) is 17.2 Å². The third kappa shape index (κ3) is 2.98. The minimum atomic E-state index is -4.73. The van der Waals surface area contributed by atoms with Crippen molar-refractivity contribution in [1.82, 2.24) is 10.1 Å². The second kappa shape index (κ2) is 4.65. The second-order valence-corrected chi connectivity index (χ2v) is 3.25. The average molecular weight is 260 g/mol. The Morgan fingerprint density at radius 1 is 1.22 bits per heavy atom. The quantitative estimate of drug-likeness (QED) is 0.915. The highest BCUT2D eigenvalue weighted by Gasteiger charge is 2.31. The predicted molar refractivity (Wildman–Crippen MR) is 52.3 cm³/mol. The van der Waals surface area contributed by atoms with Crippen LogP contribution in [0.25, 0.3) is 11.5 Å². The molecule has 0 aliphatic carbocycles. The molecule has 0 aliphatic heterocycles. The van der Waals surface area contributed by atoms with Crippen LogP contribution in [-0.2, 0) is 6.61 Å². The van der Waals surface area contributed by atoms with Crippen molar-refractivity contribution in [3.05, 3.63) is 30.1 Å². The van der Waals surface area contributed by atoms with Gasteiger partial charge >= 0.3 is 6.36 Å². The molecular formula is C10H7F3N2O3. The van der Waals surface area contributed by atoms with Gasteiger partial charge in [0.05, 0.1) is 0 Å². The topological polar surface area (TPSA) is 68.4 Å². The number of hydrogen-bond donors (Lipinski definition) is 1. The Morgan fingerprint density at radius 2 is 1.89 bits per heavy atom. The first kappa shape index (κ1) is 12.4. The summed E-state index contributed by atoms with van der Waals surface area (Å²) in [6.45, 7) is -0.376. The maximum absolute atomic E-state index is 11.9. The van der Waals surface area contributed by atoms with E-state index in [-0.39, 0.29) is 24.1 Å². The van der Waals surface area contributed by atoms with Gasteiger partial charge in [-0.15, -0.1) is 13.2 Å². The van der Waals surface area contributed by atoms with Crippen molar-refractivity contribution in [2.24, 2.45) is 0 Å².